The summed E-state index contributed by atoms with van der Waals surface area (Å²) in [4.78, 5) is 6.65. The number of aryl methyl sites for hydroxylation is 1. The van der Waals surface area contributed by atoms with Crippen molar-refractivity contribution in [3.05, 3.63) is 48.0 Å². The number of rotatable bonds is 4. The van der Waals surface area contributed by atoms with Gasteiger partial charge in [0, 0.05) is 56.1 Å². The number of fused-ring (bicyclic) bond motifs is 1. The van der Waals surface area contributed by atoms with Crippen LogP contribution in [0.2, 0.25) is 0 Å². The average molecular weight is 380 g/mol. The molecule has 5 nitrogen and oxygen atoms in total. The van der Waals surface area contributed by atoms with Gasteiger partial charge in [0.15, 0.2) is 0 Å². The Labute approximate surface area is 164 Å². The molecule has 5 rings (SSSR count). The summed E-state index contributed by atoms with van der Waals surface area (Å²) >= 11 is 0. The molecule has 0 amide bonds. The average Bonchev–Trinajstić information content (AvgIpc) is 3.49. The van der Waals surface area contributed by atoms with Crippen molar-refractivity contribution in [3.63, 3.8) is 0 Å². The molecule has 2 fully saturated rings. The molecule has 1 aromatic heterocycles. The van der Waals surface area contributed by atoms with E-state index in [0.29, 0.717) is 23.1 Å². The molecule has 1 aliphatic carbocycles. The molecule has 2 aromatic carbocycles. The number of hydrogen-bond donors (Lipinski definition) is 1. The summed E-state index contributed by atoms with van der Waals surface area (Å²) in [5.41, 5.74) is 3.32. The number of aromatic nitrogens is 2. The number of halogens is 1. The Bertz CT molecular complexity index is 1030. The molecule has 1 aliphatic heterocycles. The monoisotopic (exact) mass is 380 g/mol. The lowest BCUT2D eigenvalue weighted by atomic mass is 10.1. The van der Waals surface area contributed by atoms with Gasteiger partial charge < -0.3 is 19.5 Å². The first-order chi connectivity index (χ1) is 13.6. The van der Waals surface area contributed by atoms with Gasteiger partial charge in [-0.15, -0.1) is 0 Å². The number of imidazole rings is 1. The lowest BCUT2D eigenvalue weighted by molar-refractivity contribution is 0.417. The van der Waals surface area contributed by atoms with Crippen molar-refractivity contribution in [3.8, 4) is 11.5 Å². The Hall–Kier alpha value is -2.60. The molecule has 0 unspecified atom stereocenters. The molecule has 1 saturated carbocycles. The predicted molar refractivity (Wildman–Crippen MR) is 109 cm³/mol. The quantitative estimate of drug-likeness (QED) is 0.743. The SMILES string of the molecule is Cc1c(F)cc(N2CCN[C@@H](C3CC3)C2)cc1Oc1ccc2c(c1)ncn2C. The summed E-state index contributed by atoms with van der Waals surface area (Å²) in [7, 11) is 1.96. The summed E-state index contributed by atoms with van der Waals surface area (Å²) < 4.78 is 22.7. The molecule has 0 radical (unpaired) electrons. The number of anilines is 1. The van der Waals surface area contributed by atoms with Gasteiger partial charge in [0.25, 0.3) is 0 Å². The summed E-state index contributed by atoms with van der Waals surface area (Å²) in [5.74, 6) is 1.78. The lowest BCUT2D eigenvalue weighted by Gasteiger charge is -2.35. The van der Waals surface area contributed by atoms with Gasteiger partial charge in [-0.05, 0) is 43.9 Å². The predicted octanol–water partition coefficient (Wildman–Crippen LogP) is 4.00. The summed E-state index contributed by atoms with van der Waals surface area (Å²) in [5, 5.41) is 3.60. The summed E-state index contributed by atoms with van der Waals surface area (Å²) in [6.45, 7) is 4.50. The minimum atomic E-state index is -0.229. The zero-order chi connectivity index (χ0) is 19.3. The zero-order valence-corrected chi connectivity index (χ0v) is 16.3. The summed E-state index contributed by atoms with van der Waals surface area (Å²) in [6.07, 6.45) is 4.39. The molecule has 1 N–H and O–H groups in total. The highest BCUT2D eigenvalue weighted by molar-refractivity contribution is 5.77. The van der Waals surface area contributed by atoms with Gasteiger partial charge in [-0.25, -0.2) is 9.37 Å². The van der Waals surface area contributed by atoms with Crippen molar-refractivity contribution in [2.24, 2.45) is 13.0 Å². The van der Waals surface area contributed by atoms with Crippen LogP contribution in [0.4, 0.5) is 10.1 Å². The van der Waals surface area contributed by atoms with Crippen LogP contribution in [-0.4, -0.2) is 35.2 Å². The van der Waals surface area contributed by atoms with Gasteiger partial charge in [-0.1, -0.05) is 0 Å². The smallest absolute Gasteiger partial charge is 0.135 e. The van der Waals surface area contributed by atoms with Crippen LogP contribution in [0.3, 0.4) is 0 Å². The van der Waals surface area contributed by atoms with E-state index in [9.17, 15) is 4.39 Å². The second kappa shape index (κ2) is 6.78. The normalized spacial score (nSPS) is 20.0. The Morgan fingerprint density at radius 3 is 2.89 bits per heavy atom. The first kappa shape index (κ1) is 17.5. The molecule has 0 spiro atoms. The number of benzene rings is 2. The molecule has 2 heterocycles. The first-order valence-electron chi connectivity index (χ1n) is 9.96. The van der Waals surface area contributed by atoms with Crippen LogP contribution in [0.15, 0.2) is 36.7 Å². The molecule has 3 aromatic rings. The fourth-order valence-corrected chi connectivity index (χ4v) is 4.06. The second-order valence-corrected chi connectivity index (χ2v) is 8.00. The van der Waals surface area contributed by atoms with E-state index in [2.05, 4.69) is 15.2 Å². The highest BCUT2D eigenvalue weighted by atomic mass is 19.1. The minimum absolute atomic E-state index is 0.229. The fourth-order valence-electron chi connectivity index (χ4n) is 4.06. The largest absolute Gasteiger partial charge is 0.457 e. The fraction of sp³-hybridized carbons (Fsp3) is 0.409. The van der Waals surface area contributed by atoms with Crippen LogP contribution in [0.5, 0.6) is 11.5 Å². The van der Waals surface area contributed by atoms with Crippen molar-refractivity contribution < 1.29 is 9.13 Å². The molecule has 28 heavy (non-hydrogen) atoms. The Morgan fingerprint density at radius 1 is 1.21 bits per heavy atom. The van der Waals surface area contributed by atoms with Crippen LogP contribution in [0.25, 0.3) is 11.0 Å². The molecule has 2 aliphatic rings. The number of ether oxygens (including phenoxy) is 1. The Kier molecular flexibility index (Phi) is 4.23. The van der Waals surface area contributed by atoms with Crippen molar-refractivity contribution >= 4 is 16.7 Å². The highest BCUT2D eigenvalue weighted by Gasteiger charge is 2.34. The standard InChI is InChI=1S/C22H25FN4O/c1-14-18(23)9-16(27-8-7-24-20(12-27)15-3-4-15)10-22(14)28-17-5-6-21-19(11-17)25-13-26(21)2/h5-6,9-11,13,15,20,24H,3-4,7-8,12H2,1-2H3/t20-/m1/s1. The zero-order valence-electron chi connectivity index (χ0n) is 16.3. The van der Waals surface area contributed by atoms with Gasteiger partial charge >= 0.3 is 0 Å². The Balaban J connectivity index is 1.43. The molecular weight excluding hydrogens is 355 g/mol. The molecule has 6 heteroatoms. The van der Waals surface area contributed by atoms with E-state index in [-0.39, 0.29) is 5.82 Å². The lowest BCUT2D eigenvalue weighted by Crippen LogP contribution is -2.51. The van der Waals surface area contributed by atoms with Gasteiger partial charge in [0.1, 0.15) is 17.3 Å². The molecule has 146 valence electrons. The van der Waals surface area contributed by atoms with Crippen molar-refractivity contribution in [1.29, 1.82) is 0 Å². The second-order valence-electron chi connectivity index (χ2n) is 8.00. The molecular formula is C22H25FN4O. The summed E-state index contributed by atoms with van der Waals surface area (Å²) in [6, 6.07) is 9.89. The van der Waals surface area contributed by atoms with Crippen LogP contribution < -0.4 is 15.0 Å². The highest BCUT2D eigenvalue weighted by Crippen LogP contribution is 2.36. The third-order valence-corrected chi connectivity index (χ3v) is 5.97. The topological polar surface area (TPSA) is 42.3 Å². The van der Waals surface area contributed by atoms with Crippen LogP contribution in [0, 0.1) is 18.7 Å². The number of nitrogens with one attached hydrogen (secondary N) is 1. The minimum Gasteiger partial charge on any atom is -0.457 e. The number of hydrogen-bond acceptors (Lipinski definition) is 4. The van der Waals surface area contributed by atoms with E-state index >= 15 is 0 Å². The van der Waals surface area contributed by atoms with Crippen LogP contribution >= 0.6 is 0 Å². The van der Waals surface area contributed by atoms with E-state index in [0.717, 1.165) is 42.3 Å². The van der Waals surface area contributed by atoms with Gasteiger partial charge in [-0.2, -0.15) is 0 Å². The van der Waals surface area contributed by atoms with Crippen molar-refractivity contribution in [1.82, 2.24) is 14.9 Å². The Morgan fingerprint density at radius 2 is 2.07 bits per heavy atom. The van der Waals surface area contributed by atoms with E-state index < -0.39 is 0 Å². The van der Waals surface area contributed by atoms with Gasteiger partial charge in [-0.3, -0.25) is 0 Å². The third kappa shape index (κ3) is 3.22. The third-order valence-electron chi connectivity index (χ3n) is 5.97. The van der Waals surface area contributed by atoms with Crippen LogP contribution in [0.1, 0.15) is 18.4 Å². The van der Waals surface area contributed by atoms with Crippen molar-refractivity contribution in [2.45, 2.75) is 25.8 Å². The maximum absolute atomic E-state index is 14.7. The van der Waals surface area contributed by atoms with E-state index in [4.69, 9.17) is 4.74 Å². The first-order valence-corrected chi connectivity index (χ1v) is 9.96. The van der Waals surface area contributed by atoms with Crippen molar-refractivity contribution in [2.75, 3.05) is 24.5 Å². The molecule has 0 bridgehead atoms. The van der Waals surface area contributed by atoms with E-state index in [1.165, 1.54) is 12.8 Å². The molecule has 1 saturated heterocycles. The maximum Gasteiger partial charge on any atom is 0.135 e. The van der Waals surface area contributed by atoms with E-state index in [1.54, 1.807) is 19.3 Å². The van der Waals surface area contributed by atoms with Gasteiger partial charge in [0.05, 0.1) is 17.4 Å². The van der Waals surface area contributed by atoms with Crippen LogP contribution in [-0.2, 0) is 7.05 Å². The van der Waals surface area contributed by atoms with Gasteiger partial charge in [0.2, 0.25) is 0 Å². The number of piperazine rings is 1. The number of nitrogens with zero attached hydrogens (tertiary/aromatic N) is 3. The molecule has 1 atom stereocenters. The van der Waals surface area contributed by atoms with E-state index in [1.807, 2.05) is 35.9 Å². The maximum atomic E-state index is 14.7.